The second-order valence-corrected chi connectivity index (χ2v) is 7.61. The molecule has 146 valence electrons. The van der Waals surface area contributed by atoms with Gasteiger partial charge in [-0.05, 0) is 52.3 Å². The number of hydrogen-bond donors (Lipinski definition) is 2. The number of benzene rings is 3. The number of nitrogens with one attached hydrogen (secondary N) is 1. The Kier molecular flexibility index (Phi) is 5.22. The molecule has 4 aromatic rings. The van der Waals surface area contributed by atoms with Crippen LogP contribution in [0.2, 0.25) is 0 Å². The predicted molar refractivity (Wildman–Crippen MR) is 119 cm³/mol. The summed E-state index contributed by atoms with van der Waals surface area (Å²) in [6.07, 6.45) is 1.05. The number of carboxylic acid groups (broad SMARTS) is 1. The number of H-pyrrole nitrogens is 1. The Balaban J connectivity index is 1.81. The van der Waals surface area contributed by atoms with Crippen LogP contribution in [0.25, 0.3) is 33.3 Å². The van der Waals surface area contributed by atoms with E-state index in [0.29, 0.717) is 5.92 Å². The lowest BCUT2D eigenvalue weighted by atomic mass is 9.95. The van der Waals surface area contributed by atoms with Gasteiger partial charge in [-0.3, -0.25) is 4.79 Å². The molecule has 29 heavy (non-hydrogen) atoms. The molecule has 2 N–H and O–H groups in total. The Morgan fingerprint density at radius 3 is 2.24 bits per heavy atom. The van der Waals surface area contributed by atoms with Crippen molar-refractivity contribution in [2.45, 2.75) is 32.6 Å². The minimum absolute atomic E-state index is 0.000269. The first-order chi connectivity index (χ1) is 14.1. The molecule has 4 rings (SSSR count). The largest absolute Gasteiger partial charge is 0.481 e. The average Bonchev–Trinajstić information content (AvgIpc) is 3.11. The fourth-order valence-corrected chi connectivity index (χ4v) is 3.85. The molecule has 0 aliphatic carbocycles. The number of aliphatic carboxylic acids is 1. The Hall–Kier alpha value is -3.33. The molecular weight excluding hydrogens is 358 g/mol. The van der Waals surface area contributed by atoms with Crippen molar-refractivity contribution in [3.63, 3.8) is 0 Å². The lowest BCUT2D eigenvalue weighted by molar-refractivity contribution is -0.136. The molecule has 1 atom stereocenters. The standard InChI is InChI=1S/C26H25NO2/c1-3-17(2)21-13-14-24-22(15-21)23(16-25(28)29)26(27-24)20-11-9-19(10-12-20)18-7-5-4-6-8-18/h4-15,17,27H,3,16H2,1-2H3,(H,28,29). The maximum absolute atomic E-state index is 11.6. The van der Waals surface area contributed by atoms with E-state index in [1.807, 2.05) is 18.2 Å². The minimum atomic E-state index is -0.818. The smallest absolute Gasteiger partial charge is 0.307 e. The number of hydrogen-bond acceptors (Lipinski definition) is 1. The van der Waals surface area contributed by atoms with Crippen LogP contribution in [0, 0.1) is 0 Å². The molecule has 0 spiro atoms. The third-order valence-electron chi connectivity index (χ3n) is 5.72. The van der Waals surface area contributed by atoms with Crippen molar-refractivity contribution in [3.8, 4) is 22.4 Å². The van der Waals surface area contributed by atoms with Gasteiger partial charge in [0.25, 0.3) is 0 Å². The first-order valence-corrected chi connectivity index (χ1v) is 10.1. The highest BCUT2D eigenvalue weighted by Gasteiger charge is 2.17. The van der Waals surface area contributed by atoms with Gasteiger partial charge in [0.1, 0.15) is 0 Å². The van der Waals surface area contributed by atoms with Crippen molar-refractivity contribution < 1.29 is 9.90 Å². The summed E-state index contributed by atoms with van der Waals surface area (Å²) in [4.78, 5) is 15.1. The molecule has 0 saturated heterocycles. The molecule has 0 aliphatic rings. The Morgan fingerprint density at radius 1 is 0.931 bits per heavy atom. The highest BCUT2D eigenvalue weighted by Crippen LogP contribution is 2.34. The van der Waals surface area contributed by atoms with E-state index in [2.05, 4.69) is 73.4 Å². The predicted octanol–water partition coefficient (Wildman–Crippen LogP) is 6.64. The molecule has 1 unspecified atom stereocenters. The summed E-state index contributed by atoms with van der Waals surface area (Å²) in [7, 11) is 0. The number of fused-ring (bicyclic) bond motifs is 1. The summed E-state index contributed by atoms with van der Waals surface area (Å²) in [5, 5.41) is 10.5. The van der Waals surface area contributed by atoms with Gasteiger partial charge in [-0.25, -0.2) is 0 Å². The molecule has 0 saturated carbocycles. The number of aromatic nitrogens is 1. The zero-order chi connectivity index (χ0) is 20.4. The van der Waals surface area contributed by atoms with Gasteiger partial charge in [-0.15, -0.1) is 0 Å². The summed E-state index contributed by atoms with van der Waals surface area (Å²) >= 11 is 0. The molecule has 3 nitrogen and oxygen atoms in total. The third kappa shape index (κ3) is 3.81. The summed E-state index contributed by atoms with van der Waals surface area (Å²) in [6, 6.07) is 24.9. The maximum atomic E-state index is 11.6. The first-order valence-electron chi connectivity index (χ1n) is 10.1. The van der Waals surface area contributed by atoms with Gasteiger partial charge in [-0.2, -0.15) is 0 Å². The quantitative estimate of drug-likeness (QED) is 0.392. The van der Waals surface area contributed by atoms with E-state index in [9.17, 15) is 9.90 Å². The van der Waals surface area contributed by atoms with E-state index in [-0.39, 0.29) is 6.42 Å². The van der Waals surface area contributed by atoms with Crippen LogP contribution in [0.1, 0.15) is 37.3 Å². The van der Waals surface area contributed by atoms with Crippen molar-refractivity contribution in [1.82, 2.24) is 4.98 Å². The second-order valence-electron chi connectivity index (χ2n) is 7.61. The molecule has 1 heterocycles. The topological polar surface area (TPSA) is 53.1 Å². The zero-order valence-electron chi connectivity index (χ0n) is 16.8. The van der Waals surface area contributed by atoms with Gasteiger partial charge in [-0.1, -0.05) is 74.5 Å². The van der Waals surface area contributed by atoms with Gasteiger partial charge in [0, 0.05) is 10.9 Å². The molecule has 0 amide bonds. The van der Waals surface area contributed by atoms with Crippen LogP contribution in [0.4, 0.5) is 0 Å². The van der Waals surface area contributed by atoms with Crippen molar-refractivity contribution in [1.29, 1.82) is 0 Å². The number of carbonyl (C=O) groups is 1. The van der Waals surface area contributed by atoms with Crippen LogP contribution in [-0.2, 0) is 11.2 Å². The van der Waals surface area contributed by atoms with Gasteiger partial charge >= 0.3 is 5.97 Å². The van der Waals surface area contributed by atoms with E-state index >= 15 is 0 Å². The van der Waals surface area contributed by atoms with Gasteiger partial charge < -0.3 is 10.1 Å². The second kappa shape index (κ2) is 7.96. The summed E-state index contributed by atoms with van der Waals surface area (Å²) < 4.78 is 0. The fraction of sp³-hybridized carbons (Fsp3) is 0.192. The third-order valence-corrected chi connectivity index (χ3v) is 5.72. The van der Waals surface area contributed by atoms with E-state index in [1.165, 1.54) is 11.1 Å². The zero-order valence-corrected chi connectivity index (χ0v) is 16.8. The molecule has 0 aliphatic heterocycles. The van der Waals surface area contributed by atoms with Crippen molar-refractivity contribution in [2.24, 2.45) is 0 Å². The van der Waals surface area contributed by atoms with Crippen LogP contribution in [-0.4, -0.2) is 16.1 Å². The number of rotatable bonds is 6. The van der Waals surface area contributed by atoms with Crippen LogP contribution in [0.3, 0.4) is 0 Å². The molecule has 3 aromatic carbocycles. The minimum Gasteiger partial charge on any atom is -0.481 e. The summed E-state index contributed by atoms with van der Waals surface area (Å²) in [5.41, 5.74) is 7.28. The van der Waals surface area contributed by atoms with Crippen LogP contribution >= 0.6 is 0 Å². The number of aromatic amines is 1. The van der Waals surface area contributed by atoms with E-state index in [4.69, 9.17) is 0 Å². The van der Waals surface area contributed by atoms with Crippen molar-refractivity contribution in [3.05, 3.63) is 83.9 Å². The number of carboxylic acids is 1. The van der Waals surface area contributed by atoms with E-state index in [1.54, 1.807) is 0 Å². The molecule has 1 aromatic heterocycles. The molecule has 3 heteroatoms. The lowest BCUT2D eigenvalue weighted by Gasteiger charge is -2.09. The Morgan fingerprint density at radius 2 is 1.59 bits per heavy atom. The summed E-state index contributed by atoms with van der Waals surface area (Å²) in [5.74, 6) is -0.373. The highest BCUT2D eigenvalue weighted by molar-refractivity contribution is 5.94. The lowest BCUT2D eigenvalue weighted by Crippen LogP contribution is -2.01. The van der Waals surface area contributed by atoms with E-state index in [0.717, 1.165) is 39.7 Å². The van der Waals surface area contributed by atoms with Crippen molar-refractivity contribution in [2.75, 3.05) is 0 Å². The van der Waals surface area contributed by atoms with Crippen molar-refractivity contribution >= 4 is 16.9 Å². The molecule has 0 fully saturated rings. The SMILES string of the molecule is CCC(C)c1ccc2[nH]c(-c3ccc(-c4ccccc4)cc3)c(CC(=O)O)c2c1. The van der Waals surface area contributed by atoms with Crippen LogP contribution in [0.15, 0.2) is 72.8 Å². The average molecular weight is 383 g/mol. The highest BCUT2D eigenvalue weighted by atomic mass is 16.4. The van der Waals surface area contributed by atoms with Crippen LogP contribution < -0.4 is 0 Å². The molecule has 0 radical (unpaired) electrons. The normalized spacial score (nSPS) is 12.2. The van der Waals surface area contributed by atoms with Gasteiger partial charge in [0.2, 0.25) is 0 Å². The monoisotopic (exact) mass is 383 g/mol. The first kappa shape index (κ1) is 19.0. The van der Waals surface area contributed by atoms with Gasteiger partial charge in [0.15, 0.2) is 0 Å². The van der Waals surface area contributed by atoms with Crippen LogP contribution in [0.5, 0.6) is 0 Å². The Labute approximate surface area is 171 Å². The van der Waals surface area contributed by atoms with E-state index < -0.39 is 5.97 Å². The molecular formula is C26H25NO2. The molecule has 0 bridgehead atoms. The summed E-state index contributed by atoms with van der Waals surface area (Å²) in [6.45, 7) is 4.37. The Bertz CT molecular complexity index is 1140. The maximum Gasteiger partial charge on any atom is 0.307 e. The van der Waals surface area contributed by atoms with Gasteiger partial charge in [0.05, 0.1) is 12.1 Å². The fourth-order valence-electron chi connectivity index (χ4n) is 3.85.